The molecule has 0 aliphatic rings. The molecule has 0 amide bonds. The lowest BCUT2D eigenvalue weighted by molar-refractivity contribution is 0.224. The minimum absolute atomic E-state index is 0.0496. The largest absolute Gasteiger partial charge is 0.489 e. The van der Waals surface area contributed by atoms with Gasteiger partial charge in [-0.25, -0.2) is 8.42 Å². The molecule has 1 unspecified atom stereocenters. The van der Waals surface area contributed by atoms with Crippen LogP contribution in [0.2, 0.25) is 5.02 Å². The van der Waals surface area contributed by atoms with Crippen molar-refractivity contribution >= 4 is 27.4 Å². The molecule has 0 radical (unpaired) electrons. The number of aliphatic imine (C=N–C) groups is 1. The van der Waals surface area contributed by atoms with Crippen LogP contribution in [0.4, 0.5) is 0 Å². The minimum Gasteiger partial charge on any atom is -0.489 e. The lowest BCUT2D eigenvalue weighted by atomic mass is 10.3. The fourth-order valence-electron chi connectivity index (χ4n) is 1.86. The molecule has 2 N–H and O–H groups in total. The fourth-order valence-corrected chi connectivity index (χ4v) is 2.97. The molecule has 0 saturated heterocycles. The Balaban J connectivity index is 2.40. The van der Waals surface area contributed by atoms with E-state index in [1.807, 2.05) is 19.1 Å². The zero-order valence-corrected chi connectivity index (χ0v) is 17.0. The third-order valence-electron chi connectivity index (χ3n) is 3.53. The van der Waals surface area contributed by atoms with Crippen LogP contribution in [0.3, 0.4) is 0 Å². The Morgan fingerprint density at radius 3 is 2.36 bits per heavy atom. The summed E-state index contributed by atoms with van der Waals surface area (Å²) in [5.41, 5.74) is 0. The molecule has 0 aromatic heterocycles. The van der Waals surface area contributed by atoms with Crippen LogP contribution >= 0.6 is 11.6 Å². The van der Waals surface area contributed by atoms with Crippen LogP contribution in [0.15, 0.2) is 29.3 Å². The summed E-state index contributed by atoms with van der Waals surface area (Å²) >= 11 is 5.84. The maximum absolute atomic E-state index is 12.1. The number of benzene rings is 1. The first-order valence-corrected chi connectivity index (χ1v) is 10.2. The van der Waals surface area contributed by atoms with Crippen LogP contribution in [0.1, 0.15) is 27.7 Å². The lowest BCUT2D eigenvalue weighted by Crippen LogP contribution is -2.44. The molecule has 0 heterocycles. The van der Waals surface area contributed by atoms with Gasteiger partial charge in [0.15, 0.2) is 15.8 Å². The minimum atomic E-state index is -3.16. The monoisotopic (exact) mass is 389 g/mol. The normalized spacial score (nSPS) is 14.1. The van der Waals surface area contributed by atoms with E-state index in [9.17, 15) is 8.42 Å². The average Bonchev–Trinajstić information content (AvgIpc) is 2.51. The van der Waals surface area contributed by atoms with Crippen LogP contribution in [-0.4, -0.2) is 51.1 Å². The molecule has 0 fully saturated rings. The van der Waals surface area contributed by atoms with Crippen molar-refractivity contribution < 1.29 is 13.2 Å². The van der Waals surface area contributed by atoms with E-state index in [4.69, 9.17) is 16.3 Å². The second kappa shape index (κ2) is 9.29. The molecule has 0 saturated carbocycles. The van der Waals surface area contributed by atoms with Gasteiger partial charge in [-0.2, -0.15) is 0 Å². The van der Waals surface area contributed by atoms with Crippen molar-refractivity contribution in [2.24, 2.45) is 4.99 Å². The topological polar surface area (TPSA) is 79.8 Å². The Morgan fingerprint density at radius 2 is 1.84 bits per heavy atom. The van der Waals surface area contributed by atoms with Gasteiger partial charge in [0, 0.05) is 18.6 Å². The Labute approximate surface area is 155 Å². The van der Waals surface area contributed by atoms with Crippen molar-refractivity contribution in [3.05, 3.63) is 29.3 Å². The third-order valence-corrected chi connectivity index (χ3v) is 6.39. The van der Waals surface area contributed by atoms with E-state index >= 15 is 0 Å². The van der Waals surface area contributed by atoms with Gasteiger partial charge >= 0.3 is 0 Å². The number of hydrogen-bond acceptors (Lipinski definition) is 4. The summed E-state index contributed by atoms with van der Waals surface area (Å²) in [6.07, 6.45) is -0.0990. The molecular weight excluding hydrogens is 362 g/mol. The summed E-state index contributed by atoms with van der Waals surface area (Å²) in [5, 5.41) is 6.79. The molecule has 0 bridgehead atoms. The van der Waals surface area contributed by atoms with Crippen molar-refractivity contribution in [1.82, 2.24) is 10.6 Å². The standard InChI is InChI=1S/C17H28ClN3O3S/c1-13(24-15-8-6-14(18)7-9-15)12-21-16(19-5)20-10-11-25(22,23)17(2,3)4/h6-9,13H,10-12H2,1-5H3,(H2,19,20,21). The third kappa shape index (κ3) is 7.52. The Bertz CT molecular complexity index is 667. The molecule has 0 aliphatic carbocycles. The quantitative estimate of drug-likeness (QED) is 0.553. The van der Waals surface area contributed by atoms with E-state index in [-0.39, 0.29) is 11.9 Å². The number of rotatable bonds is 7. The van der Waals surface area contributed by atoms with Crippen LogP contribution in [0, 0.1) is 0 Å². The number of ether oxygens (including phenoxy) is 1. The van der Waals surface area contributed by atoms with E-state index < -0.39 is 14.6 Å². The molecule has 0 spiro atoms. The van der Waals surface area contributed by atoms with Gasteiger partial charge in [0.05, 0.1) is 17.0 Å². The maximum Gasteiger partial charge on any atom is 0.191 e. The predicted octanol–water partition coefficient (Wildman–Crippen LogP) is 2.49. The number of guanidine groups is 1. The van der Waals surface area contributed by atoms with E-state index in [0.717, 1.165) is 5.75 Å². The van der Waals surface area contributed by atoms with E-state index in [1.54, 1.807) is 40.0 Å². The van der Waals surface area contributed by atoms with Gasteiger partial charge in [0.2, 0.25) is 0 Å². The molecule has 1 aromatic carbocycles. The van der Waals surface area contributed by atoms with Gasteiger partial charge in [-0.15, -0.1) is 0 Å². The first-order chi connectivity index (χ1) is 11.5. The van der Waals surface area contributed by atoms with Crippen LogP contribution in [0.25, 0.3) is 0 Å². The zero-order chi connectivity index (χ0) is 19.1. The van der Waals surface area contributed by atoms with Gasteiger partial charge in [-0.3, -0.25) is 4.99 Å². The Morgan fingerprint density at radius 1 is 1.24 bits per heavy atom. The van der Waals surface area contributed by atoms with Crippen molar-refractivity contribution in [2.45, 2.75) is 38.5 Å². The highest BCUT2D eigenvalue weighted by Crippen LogP contribution is 2.16. The predicted molar refractivity (Wildman–Crippen MR) is 104 cm³/mol. The van der Waals surface area contributed by atoms with Crippen LogP contribution in [0.5, 0.6) is 5.75 Å². The number of nitrogens with one attached hydrogen (secondary N) is 2. The number of nitrogens with zero attached hydrogens (tertiary/aromatic N) is 1. The molecule has 142 valence electrons. The first kappa shape index (κ1) is 21.6. The van der Waals surface area contributed by atoms with Gasteiger partial charge in [-0.05, 0) is 52.0 Å². The number of sulfone groups is 1. The second-order valence-electron chi connectivity index (χ2n) is 6.69. The zero-order valence-electron chi connectivity index (χ0n) is 15.5. The molecule has 1 atom stereocenters. The van der Waals surface area contributed by atoms with Crippen LogP contribution in [-0.2, 0) is 9.84 Å². The summed E-state index contributed by atoms with van der Waals surface area (Å²) in [5.74, 6) is 1.32. The fraction of sp³-hybridized carbons (Fsp3) is 0.588. The van der Waals surface area contributed by atoms with E-state index in [2.05, 4.69) is 15.6 Å². The van der Waals surface area contributed by atoms with Crippen molar-refractivity contribution in [3.63, 3.8) is 0 Å². The van der Waals surface area contributed by atoms with Crippen molar-refractivity contribution in [3.8, 4) is 5.75 Å². The molecule has 6 nitrogen and oxygen atoms in total. The summed E-state index contributed by atoms with van der Waals surface area (Å²) in [7, 11) is -1.52. The van der Waals surface area contributed by atoms with Gasteiger partial charge < -0.3 is 15.4 Å². The summed E-state index contributed by atoms with van der Waals surface area (Å²) in [6.45, 7) is 7.85. The number of halogens is 1. The smallest absolute Gasteiger partial charge is 0.191 e. The summed E-state index contributed by atoms with van der Waals surface area (Å²) in [6, 6.07) is 7.16. The highest BCUT2D eigenvalue weighted by molar-refractivity contribution is 7.92. The van der Waals surface area contributed by atoms with E-state index in [0.29, 0.717) is 24.1 Å². The first-order valence-electron chi connectivity index (χ1n) is 8.14. The highest BCUT2D eigenvalue weighted by atomic mass is 35.5. The summed E-state index contributed by atoms with van der Waals surface area (Å²) in [4.78, 5) is 4.09. The van der Waals surface area contributed by atoms with Crippen molar-refractivity contribution in [1.29, 1.82) is 0 Å². The average molecular weight is 390 g/mol. The molecule has 0 aliphatic heterocycles. The van der Waals surface area contributed by atoms with E-state index in [1.165, 1.54) is 0 Å². The molecular formula is C17H28ClN3O3S. The highest BCUT2D eigenvalue weighted by Gasteiger charge is 2.28. The van der Waals surface area contributed by atoms with Gasteiger partial charge in [0.1, 0.15) is 11.9 Å². The molecule has 1 aromatic rings. The van der Waals surface area contributed by atoms with Crippen LogP contribution < -0.4 is 15.4 Å². The molecule has 25 heavy (non-hydrogen) atoms. The second-order valence-corrected chi connectivity index (χ2v) is 9.99. The van der Waals surface area contributed by atoms with Gasteiger partial charge in [-0.1, -0.05) is 11.6 Å². The Kier molecular flexibility index (Phi) is 8.02. The Hall–Kier alpha value is -1.47. The SMILES string of the molecule is CN=C(NCCS(=O)(=O)C(C)(C)C)NCC(C)Oc1ccc(Cl)cc1. The van der Waals surface area contributed by atoms with Crippen molar-refractivity contribution in [2.75, 3.05) is 25.9 Å². The molecule has 8 heteroatoms. The maximum atomic E-state index is 12.1. The lowest BCUT2D eigenvalue weighted by Gasteiger charge is -2.20. The number of hydrogen-bond donors (Lipinski definition) is 2. The molecule has 1 rings (SSSR count). The van der Waals surface area contributed by atoms with Gasteiger partial charge in [0.25, 0.3) is 0 Å². The summed E-state index contributed by atoms with van der Waals surface area (Å²) < 4.78 is 29.2.